The number of pyridine rings is 1. The zero-order valence-corrected chi connectivity index (χ0v) is 9.87. The molecule has 0 aliphatic rings. The van der Waals surface area contributed by atoms with Crippen LogP contribution in [-0.4, -0.2) is 14.9 Å². The molecule has 0 spiro atoms. The highest BCUT2D eigenvalue weighted by molar-refractivity contribution is 9.09. The number of halogens is 2. The van der Waals surface area contributed by atoms with Crippen LogP contribution in [0.25, 0.3) is 11.0 Å². The molecule has 0 fully saturated rings. The molecule has 2 aromatic rings. The number of alkyl halides is 1. The lowest BCUT2D eigenvalue weighted by Crippen LogP contribution is -1.98. The summed E-state index contributed by atoms with van der Waals surface area (Å²) >= 11 is 3.39. The zero-order valence-electron chi connectivity index (χ0n) is 8.29. The summed E-state index contributed by atoms with van der Waals surface area (Å²) in [5, 5.41) is 2.00. The number of fused-ring (bicyclic) bond motifs is 1. The molecular formula is C11H12BrFN2. The monoisotopic (exact) mass is 270 g/mol. The van der Waals surface area contributed by atoms with E-state index in [0.29, 0.717) is 0 Å². The van der Waals surface area contributed by atoms with Crippen molar-refractivity contribution >= 4 is 27.0 Å². The minimum Gasteiger partial charge on any atom is -0.332 e. The van der Waals surface area contributed by atoms with Gasteiger partial charge in [-0.15, -0.1) is 0 Å². The molecule has 80 valence electrons. The fraction of sp³-hybridized carbons (Fsp3) is 0.364. The van der Waals surface area contributed by atoms with Crippen molar-refractivity contribution in [1.29, 1.82) is 0 Å². The Morgan fingerprint density at radius 2 is 2.13 bits per heavy atom. The van der Waals surface area contributed by atoms with Crippen molar-refractivity contribution in [1.82, 2.24) is 9.55 Å². The molecule has 0 atom stereocenters. The highest BCUT2D eigenvalue weighted by Gasteiger charge is 2.03. The van der Waals surface area contributed by atoms with Gasteiger partial charge in [-0.1, -0.05) is 15.9 Å². The van der Waals surface area contributed by atoms with Crippen molar-refractivity contribution in [3.05, 3.63) is 30.3 Å². The van der Waals surface area contributed by atoms with Crippen LogP contribution in [0.4, 0.5) is 4.39 Å². The molecule has 0 saturated heterocycles. The quantitative estimate of drug-likeness (QED) is 0.473. The minimum atomic E-state index is -0.414. The summed E-state index contributed by atoms with van der Waals surface area (Å²) in [5.41, 5.74) is 0.740. The number of hydrogen-bond acceptors (Lipinski definition) is 1. The van der Waals surface area contributed by atoms with Crippen LogP contribution in [0.3, 0.4) is 0 Å². The third kappa shape index (κ3) is 2.37. The summed E-state index contributed by atoms with van der Waals surface area (Å²) in [6, 6.07) is 5.12. The van der Waals surface area contributed by atoms with E-state index in [0.717, 1.165) is 35.7 Å². The van der Waals surface area contributed by atoms with E-state index in [9.17, 15) is 4.39 Å². The van der Waals surface area contributed by atoms with Gasteiger partial charge in [-0.2, -0.15) is 4.39 Å². The second-order valence-corrected chi connectivity index (χ2v) is 4.25. The molecule has 0 N–H and O–H groups in total. The molecule has 0 unspecified atom stereocenters. The molecule has 2 heterocycles. The summed E-state index contributed by atoms with van der Waals surface area (Å²) < 4.78 is 15.0. The highest BCUT2D eigenvalue weighted by Crippen LogP contribution is 2.14. The lowest BCUT2D eigenvalue weighted by molar-refractivity contribution is 0.581. The third-order valence-electron chi connectivity index (χ3n) is 2.36. The van der Waals surface area contributed by atoms with E-state index in [-0.39, 0.29) is 0 Å². The van der Waals surface area contributed by atoms with E-state index in [2.05, 4.69) is 20.9 Å². The van der Waals surface area contributed by atoms with Gasteiger partial charge in [0.1, 0.15) is 5.65 Å². The van der Waals surface area contributed by atoms with Gasteiger partial charge in [-0.3, -0.25) is 0 Å². The number of hydrogen-bond donors (Lipinski definition) is 0. The molecule has 2 aromatic heterocycles. The van der Waals surface area contributed by atoms with Crippen molar-refractivity contribution in [3.63, 3.8) is 0 Å². The number of aromatic nitrogens is 2. The van der Waals surface area contributed by atoms with Gasteiger partial charge in [0.05, 0.1) is 0 Å². The lowest BCUT2D eigenvalue weighted by atomic mass is 10.3. The minimum absolute atomic E-state index is 0.414. The van der Waals surface area contributed by atoms with E-state index in [1.54, 1.807) is 6.07 Å². The first-order valence-corrected chi connectivity index (χ1v) is 6.11. The fourth-order valence-electron chi connectivity index (χ4n) is 1.59. The maximum Gasteiger partial charge on any atom is 0.214 e. The Kier molecular flexibility index (Phi) is 3.36. The Morgan fingerprint density at radius 3 is 2.93 bits per heavy atom. The fourth-order valence-corrected chi connectivity index (χ4v) is 1.99. The van der Waals surface area contributed by atoms with Crippen molar-refractivity contribution in [3.8, 4) is 0 Å². The van der Waals surface area contributed by atoms with Crippen LogP contribution < -0.4 is 0 Å². The molecule has 15 heavy (non-hydrogen) atoms. The van der Waals surface area contributed by atoms with Crippen LogP contribution in [0.15, 0.2) is 24.4 Å². The maximum atomic E-state index is 13.0. The number of aryl methyl sites for hydroxylation is 1. The molecule has 0 amide bonds. The Hall–Kier alpha value is -0.900. The Balaban J connectivity index is 2.23. The third-order valence-corrected chi connectivity index (χ3v) is 2.92. The average Bonchev–Trinajstić information content (AvgIpc) is 2.62. The second kappa shape index (κ2) is 4.75. The molecule has 2 nitrogen and oxygen atoms in total. The Bertz CT molecular complexity index is 453. The van der Waals surface area contributed by atoms with E-state index < -0.39 is 5.95 Å². The zero-order chi connectivity index (χ0) is 10.7. The summed E-state index contributed by atoms with van der Waals surface area (Å²) in [6.07, 6.45) is 4.16. The predicted molar refractivity (Wildman–Crippen MR) is 62.7 cm³/mol. The first-order chi connectivity index (χ1) is 7.31. The Labute approximate surface area is 96.2 Å². The van der Waals surface area contributed by atoms with Crippen LogP contribution in [-0.2, 0) is 6.54 Å². The largest absolute Gasteiger partial charge is 0.332 e. The van der Waals surface area contributed by atoms with E-state index >= 15 is 0 Å². The van der Waals surface area contributed by atoms with Crippen LogP contribution >= 0.6 is 15.9 Å². The molecule has 0 aliphatic heterocycles. The highest BCUT2D eigenvalue weighted by atomic mass is 79.9. The van der Waals surface area contributed by atoms with Gasteiger partial charge in [0, 0.05) is 23.5 Å². The maximum absolute atomic E-state index is 13.0. The van der Waals surface area contributed by atoms with Gasteiger partial charge >= 0.3 is 0 Å². The van der Waals surface area contributed by atoms with Crippen LogP contribution in [0.1, 0.15) is 12.8 Å². The number of unbranched alkanes of at least 4 members (excludes halogenated alkanes) is 1. The SMILES string of the molecule is Fc1ccc2ccn(CCCCBr)c2n1. The summed E-state index contributed by atoms with van der Waals surface area (Å²) in [7, 11) is 0. The first kappa shape index (κ1) is 10.6. The van der Waals surface area contributed by atoms with E-state index in [4.69, 9.17) is 0 Å². The van der Waals surface area contributed by atoms with Gasteiger partial charge < -0.3 is 4.57 Å². The topological polar surface area (TPSA) is 17.8 Å². The predicted octanol–water partition coefficient (Wildman–Crippen LogP) is 3.35. The molecule has 4 heteroatoms. The summed E-state index contributed by atoms with van der Waals surface area (Å²) in [4.78, 5) is 3.90. The standard InChI is InChI=1S/C11H12BrFN2/c12-6-1-2-7-15-8-5-9-3-4-10(13)14-11(9)15/h3-5,8H,1-2,6-7H2. The normalized spacial score (nSPS) is 11.1. The van der Waals surface area contributed by atoms with Crippen molar-refractivity contribution in [2.75, 3.05) is 5.33 Å². The molecule has 0 saturated carbocycles. The molecule has 2 rings (SSSR count). The molecule has 0 aliphatic carbocycles. The molecule has 0 aromatic carbocycles. The number of rotatable bonds is 4. The van der Waals surface area contributed by atoms with Crippen molar-refractivity contribution in [2.45, 2.75) is 19.4 Å². The Morgan fingerprint density at radius 1 is 1.27 bits per heavy atom. The number of nitrogens with zero attached hydrogens (tertiary/aromatic N) is 2. The van der Waals surface area contributed by atoms with Crippen LogP contribution in [0.2, 0.25) is 0 Å². The smallest absolute Gasteiger partial charge is 0.214 e. The van der Waals surface area contributed by atoms with E-state index in [1.807, 2.05) is 16.8 Å². The second-order valence-electron chi connectivity index (χ2n) is 3.45. The molecule has 0 radical (unpaired) electrons. The lowest BCUT2D eigenvalue weighted by Gasteiger charge is -2.03. The molecular weight excluding hydrogens is 259 g/mol. The van der Waals surface area contributed by atoms with Crippen LogP contribution in [0, 0.1) is 5.95 Å². The van der Waals surface area contributed by atoms with Crippen LogP contribution in [0.5, 0.6) is 0 Å². The van der Waals surface area contributed by atoms with Gasteiger partial charge in [0.15, 0.2) is 0 Å². The van der Waals surface area contributed by atoms with Gasteiger partial charge in [0.25, 0.3) is 0 Å². The first-order valence-electron chi connectivity index (χ1n) is 4.98. The van der Waals surface area contributed by atoms with E-state index in [1.165, 1.54) is 6.07 Å². The molecule has 0 bridgehead atoms. The van der Waals surface area contributed by atoms with Crippen molar-refractivity contribution in [2.24, 2.45) is 0 Å². The van der Waals surface area contributed by atoms with Crippen molar-refractivity contribution < 1.29 is 4.39 Å². The summed E-state index contributed by atoms with van der Waals surface area (Å²) in [6.45, 7) is 0.894. The van der Waals surface area contributed by atoms with Gasteiger partial charge in [0.2, 0.25) is 5.95 Å². The average molecular weight is 271 g/mol. The van der Waals surface area contributed by atoms with Gasteiger partial charge in [-0.05, 0) is 31.0 Å². The van der Waals surface area contributed by atoms with Gasteiger partial charge in [-0.25, -0.2) is 4.98 Å². The summed E-state index contributed by atoms with van der Waals surface area (Å²) in [5.74, 6) is -0.414.